The standard InChI is InChI=1S/C26H25ClFN5O2/c1-26(2,3)35-25(34)32(15-16-7-10-18(20(28)12-16)21-6-4-5-11-29-21)23-13-22(27)31-24-19(17-8-9-17)14-30-33(23)24/h4-7,10-14,17H,8-9,15H2,1-3H3. The Labute approximate surface area is 207 Å². The van der Waals surface area contributed by atoms with Gasteiger partial charge in [-0.05, 0) is 69.4 Å². The Morgan fingerprint density at radius 1 is 1.23 bits per heavy atom. The second-order valence-electron chi connectivity index (χ2n) is 9.64. The van der Waals surface area contributed by atoms with Crippen LogP contribution >= 0.6 is 11.6 Å². The molecule has 1 aromatic carbocycles. The van der Waals surface area contributed by atoms with Crippen molar-refractivity contribution in [2.75, 3.05) is 4.90 Å². The lowest BCUT2D eigenvalue weighted by atomic mass is 10.1. The quantitative estimate of drug-likeness (QED) is 0.301. The summed E-state index contributed by atoms with van der Waals surface area (Å²) >= 11 is 6.38. The minimum Gasteiger partial charge on any atom is -0.443 e. The molecule has 1 aliphatic carbocycles. The molecule has 9 heteroatoms. The third-order valence-electron chi connectivity index (χ3n) is 5.67. The van der Waals surface area contributed by atoms with Crippen LogP contribution in [0.4, 0.5) is 15.0 Å². The van der Waals surface area contributed by atoms with Crippen LogP contribution in [0.2, 0.25) is 5.15 Å². The van der Waals surface area contributed by atoms with Gasteiger partial charge in [-0.15, -0.1) is 0 Å². The summed E-state index contributed by atoms with van der Waals surface area (Å²) in [6.07, 6.45) is 4.93. The first-order chi connectivity index (χ1) is 16.7. The van der Waals surface area contributed by atoms with Crippen molar-refractivity contribution in [1.29, 1.82) is 0 Å². The Morgan fingerprint density at radius 2 is 2.03 bits per heavy atom. The van der Waals surface area contributed by atoms with Crippen molar-refractivity contribution in [3.63, 3.8) is 0 Å². The number of rotatable bonds is 5. The molecule has 3 aromatic heterocycles. The summed E-state index contributed by atoms with van der Waals surface area (Å²) in [5.74, 6) is 0.364. The second-order valence-corrected chi connectivity index (χ2v) is 10.0. The normalized spacial score (nSPS) is 13.7. The van der Waals surface area contributed by atoms with Gasteiger partial charge in [0.25, 0.3) is 0 Å². The Balaban J connectivity index is 1.55. The lowest BCUT2D eigenvalue weighted by Gasteiger charge is -2.28. The lowest BCUT2D eigenvalue weighted by Crippen LogP contribution is -2.37. The van der Waals surface area contributed by atoms with Gasteiger partial charge in [0.05, 0.1) is 18.4 Å². The van der Waals surface area contributed by atoms with E-state index in [0.717, 1.165) is 18.4 Å². The molecule has 35 heavy (non-hydrogen) atoms. The van der Waals surface area contributed by atoms with Crippen LogP contribution in [0, 0.1) is 5.82 Å². The van der Waals surface area contributed by atoms with Crippen LogP contribution in [-0.2, 0) is 11.3 Å². The molecule has 1 amide bonds. The molecule has 0 atom stereocenters. The van der Waals surface area contributed by atoms with Gasteiger partial charge in [0.15, 0.2) is 5.65 Å². The highest BCUT2D eigenvalue weighted by Gasteiger charge is 2.31. The molecule has 180 valence electrons. The van der Waals surface area contributed by atoms with Crippen molar-refractivity contribution < 1.29 is 13.9 Å². The van der Waals surface area contributed by atoms with Gasteiger partial charge in [0, 0.05) is 23.4 Å². The highest BCUT2D eigenvalue weighted by atomic mass is 35.5. The number of aromatic nitrogens is 4. The van der Waals surface area contributed by atoms with Crippen LogP contribution in [0.25, 0.3) is 16.9 Å². The predicted molar refractivity (Wildman–Crippen MR) is 132 cm³/mol. The Kier molecular flexibility index (Phi) is 5.92. The Morgan fingerprint density at radius 3 is 2.69 bits per heavy atom. The number of carbonyl (C=O) groups is 1. The number of fused-ring (bicyclic) bond motifs is 1. The van der Waals surface area contributed by atoms with Gasteiger partial charge >= 0.3 is 6.09 Å². The van der Waals surface area contributed by atoms with E-state index in [4.69, 9.17) is 16.3 Å². The van der Waals surface area contributed by atoms with Crippen molar-refractivity contribution in [2.45, 2.75) is 51.7 Å². The van der Waals surface area contributed by atoms with E-state index in [1.165, 1.54) is 11.0 Å². The first-order valence-electron chi connectivity index (χ1n) is 11.4. The molecule has 3 heterocycles. The summed E-state index contributed by atoms with van der Waals surface area (Å²) < 4.78 is 22.3. The molecule has 0 saturated heterocycles. The van der Waals surface area contributed by atoms with Gasteiger partial charge < -0.3 is 4.74 Å². The molecule has 1 saturated carbocycles. The maximum absolute atomic E-state index is 15.1. The van der Waals surface area contributed by atoms with Gasteiger partial charge in [-0.1, -0.05) is 23.7 Å². The monoisotopic (exact) mass is 493 g/mol. The molecular formula is C26H25ClFN5O2. The van der Waals surface area contributed by atoms with E-state index in [2.05, 4.69) is 15.1 Å². The lowest BCUT2D eigenvalue weighted by molar-refractivity contribution is 0.0575. The number of pyridine rings is 1. The molecule has 5 rings (SSSR count). The molecule has 1 aliphatic rings. The molecule has 1 fully saturated rings. The molecule has 0 aliphatic heterocycles. The van der Waals surface area contributed by atoms with E-state index < -0.39 is 17.5 Å². The van der Waals surface area contributed by atoms with E-state index in [0.29, 0.717) is 34.2 Å². The van der Waals surface area contributed by atoms with E-state index >= 15 is 4.39 Å². The molecule has 0 bridgehead atoms. The van der Waals surface area contributed by atoms with Crippen LogP contribution < -0.4 is 4.90 Å². The molecular weight excluding hydrogens is 469 g/mol. The summed E-state index contributed by atoms with van der Waals surface area (Å²) in [6.45, 7) is 5.41. The fourth-order valence-electron chi connectivity index (χ4n) is 3.94. The van der Waals surface area contributed by atoms with Gasteiger partial charge in [0.1, 0.15) is 22.4 Å². The van der Waals surface area contributed by atoms with Gasteiger partial charge in [0.2, 0.25) is 0 Å². The van der Waals surface area contributed by atoms with Crippen LogP contribution in [0.5, 0.6) is 0 Å². The zero-order chi connectivity index (χ0) is 24.7. The Hall–Kier alpha value is -3.52. The number of amides is 1. The van der Waals surface area contributed by atoms with Crippen molar-refractivity contribution in [3.8, 4) is 11.3 Å². The molecule has 7 nitrogen and oxygen atoms in total. The zero-order valence-electron chi connectivity index (χ0n) is 19.7. The predicted octanol–water partition coefficient (Wildman–Crippen LogP) is 6.40. The molecule has 0 spiro atoms. The molecule has 0 N–H and O–H groups in total. The SMILES string of the molecule is CC(C)(C)OC(=O)N(Cc1ccc(-c2ccccn2)c(F)c1)c1cc(Cl)nc2c(C3CC3)cnn12. The fourth-order valence-corrected chi connectivity index (χ4v) is 4.11. The largest absolute Gasteiger partial charge is 0.443 e. The van der Waals surface area contributed by atoms with Gasteiger partial charge in [-0.3, -0.25) is 9.88 Å². The number of ether oxygens (including phenoxy) is 1. The van der Waals surface area contributed by atoms with E-state index in [-0.39, 0.29) is 11.7 Å². The number of anilines is 1. The maximum atomic E-state index is 15.1. The fraction of sp³-hybridized carbons (Fsp3) is 0.308. The van der Waals surface area contributed by atoms with Crippen LogP contribution in [0.3, 0.4) is 0 Å². The summed E-state index contributed by atoms with van der Waals surface area (Å²) in [5.41, 5.74) is 2.37. The van der Waals surface area contributed by atoms with E-state index in [1.807, 2.05) is 0 Å². The third-order valence-corrected chi connectivity index (χ3v) is 5.87. The number of nitrogens with zero attached hydrogens (tertiary/aromatic N) is 5. The molecule has 0 radical (unpaired) electrons. The van der Waals surface area contributed by atoms with E-state index in [1.54, 1.807) is 74.1 Å². The van der Waals surface area contributed by atoms with E-state index in [9.17, 15) is 4.79 Å². The number of carbonyl (C=O) groups excluding carboxylic acids is 1. The number of benzene rings is 1. The van der Waals surface area contributed by atoms with Crippen molar-refractivity contribution >= 4 is 29.2 Å². The third kappa shape index (κ3) is 4.98. The zero-order valence-corrected chi connectivity index (χ0v) is 20.5. The van der Waals surface area contributed by atoms with Gasteiger partial charge in [-0.2, -0.15) is 9.61 Å². The first kappa shape index (κ1) is 23.2. The van der Waals surface area contributed by atoms with Crippen LogP contribution in [0.1, 0.15) is 50.7 Å². The highest BCUT2D eigenvalue weighted by molar-refractivity contribution is 6.29. The summed E-state index contributed by atoms with van der Waals surface area (Å²) in [5, 5.41) is 4.73. The average Bonchev–Trinajstić information content (AvgIpc) is 3.55. The average molecular weight is 494 g/mol. The minimum atomic E-state index is -0.733. The molecule has 4 aromatic rings. The highest BCUT2D eigenvalue weighted by Crippen LogP contribution is 2.42. The number of hydrogen-bond acceptors (Lipinski definition) is 5. The van der Waals surface area contributed by atoms with Crippen molar-refractivity contribution in [2.24, 2.45) is 0 Å². The van der Waals surface area contributed by atoms with Crippen LogP contribution in [-0.4, -0.2) is 31.3 Å². The van der Waals surface area contributed by atoms with Crippen LogP contribution in [0.15, 0.2) is 54.9 Å². The minimum absolute atomic E-state index is 0.0440. The summed E-state index contributed by atoms with van der Waals surface area (Å²) in [7, 11) is 0. The summed E-state index contributed by atoms with van der Waals surface area (Å²) in [4.78, 5) is 23.4. The smallest absolute Gasteiger partial charge is 0.416 e. The topological polar surface area (TPSA) is 72.6 Å². The van der Waals surface area contributed by atoms with Gasteiger partial charge in [-0.25, -0.2) is 14.2 Å². The number of halogens is 2. The Bertz CT molecular complexity index is 1400. The van der Waals surface area contributed by atoms with Crippen molar-refractivity contribution in [3.05, 3.63) is 77.0 Å². The first-order valence-corrected chi connectivity index (χ1v) is 11.8. The summed E-state index contributed by atoms with van der Waals surface area (Å²) in [6, 6.07) is 11.7. The van der Waals surface area contributed by atoms with Crippen molar-refractivity contribution in [1.82, 2.24) is 19.6 Å². The molecule has 0 unspecified atom stereocenters. The number of hydrogen-bond donors (Lipinski definition) is 0. The second kappa shape index (κ2) is 8.92. The maximum Gasteiger partial charge on any atom is 0.416 e.